The lowest BCUT2D eigenvalue weighted by atomic mass is 10.1. The van der Waals surface area contributed by atoms with Crippen molar-refractivity contribution in [1.29, 1.82) is 0 Å². The van der Waals surface area contributed by atoms with E-state index < -0.39 is 23.1 Å². The Balaban J connectivity index is 2.14. The van der Waals surface area contributed by atoms with Gasteiger partial charge in [-0.15, -0.1) is 0 Å². The molecule has 0 bridgehead atoms. The quantitative estimate of drug-likeness (QED) is 0.805. The molecule has 1 aromatic carbocycles. The number of benzene rings is 1. The Morgan fingerprint density at radius 3 is 2.35 bits per heavy atom. The molecule has 1 aliphatic rings. The number of amides is 1. The second kappa shape index (κ2) is 7.13. The highest BCUT2D eigenvalue weighted by Gasteiger charge is 2.31. The van der Waals surface area contributed by atoms with Crippen molar-refractivity contribution >= 4 is 16.8 Å². The number of hydrogen-bond donors (Lipinski definition) is 0. The minimum Gasteiger partial charge on any atom is -0.347 e. The van der Waals surface area contributed by atoms with Crippen molar-refractivity contribution in [2.45, 2.75) is 45.3 Å². The molecule has 0 unspecified atom stereocenters. The van der Waals surface area contributed by atoms with Gasteiger partial charge >= 0.3 is 6.18 Å². The summed E-state index contributed by atoms with van der Waals surface area (Å²) in [6.07, 6.45) is 0.762. The van der Waals surface area contributed by atoms with Gasteiger partial charge in [-0.05, 0) is 38.0 Å². The molecule has 0 aliphatic carbocycles. The number of rotatable bonds is 2. The number of alkyl halides is 3. The maximum atomic E-state index is 13.0. The molecule has 1 aromatic heterocycles. The molecule has 7 heteroatoms. The molecule has 2 aromatic rings. The molecule has 1 fully saturated rings. The number of aromatic nitrogens is 1. The molecule has 4 nitrogen and oxygen atoms in total. The summed E-state index contributed by atoms with van der Waals surface area (Å²) in [5, 5.41) is -0.0673. The summed E-state index contributed by atoms with van der Waals surface area (Å²) in [6.45, 7) is 3.42. The van der Waals surface area contributed by atoms with Crippen molar-refractivity contribution in [1.82, 2.24) is 9.47 Å². The Morgan fingerprint density at radius 2 is 1.77 bits per heavy atom. The van der Waals surface area contributed by atoms with Crippen molar-refractivity contribution in [2.24, 2.45) is 0 Å². The van der Waals surface area contributed by atoms with Gasteiger partial charge in [0.25, 0.3) is 5.91 Å². The number of likely N-dealkylation sites (tertiary alicyclic amines) is 1. The molecular formula is C19H21F3N2O2. The Kier molecular flexibility index (Phi) is 5.07. The predicted octanol–water partition coefficient (Wildman–Crippen LogP) is 4.06. The number of nitrogens with zero attached hydrogens (tertiary/aromatic N) is 2. The smallest absolute Gasteiger partial charge is 0.347 e. The third-order valence-electron chi connectivity index (χ3n) is 4.87. The van der Waals surface area contributed by atoms with Gasteiger partial charge in [-0.3, -0.25) is 9.59 Å². The second-order valence-electron chi connectivity index (χ2n) is 6.59. The molecule has 3 rings (SSSR count). The van der Waals surface area contributed by atoms with Crippen LogP contribution in [0.2, 0.25) is 0 Å². The van der Waals surface area contributed by atoms with E-state index in [4.69, 9.17) is 0 Å². The molecule has 0 saturated carbocycles. The molecule has 0 radical (unpaired) electrons. The molecule has 1 saturated heterocycles. The van der Waals surface area contributed by atoms with E-state index in [9.17, 15) is 22.8 Å². The van der Waals surface area contributed by atoms with Crippen LogP contribution in [0.3, 0.4) is 0 Å². The van der Waals surface area contributed by atoms with Crippen LogP contribution in [0.5, 0.6) is 0 Å². The van der Waals surface area contributed by atoms with Gasteiger partial charge in [0.1, 0.15) is 5.56 Å². The summed E-state index contributed by atoms with van der Waals surface area (Å²) in [5.41, 5.74) is -1.17. The predicted molar refractivity (Wildman–Crippen MR) is 93.3 cm³/mol. The molecule has 1 aliphatic heterocycles. The third kappa shape index (κ3) is 3.48. The van der Waals surface area contributed by atoms with E-state index in [1.165, 1.54) is 12.3 Å². The average Bonchev–Trinajstić information content (AvgIpc) is 2.90. The van der Waals surface area contributed by atoms with E-state index in [1.54, 1.807) is 9.47 Å². The number of carbonyl (C=O) groups is 1. The lowest BCUT2D eigenvalue weighted by Gasteiger charge is -2.21. The van der Waals surface area contributed by atoms with Crippen LogP contribution in [-0.2, 0) is 12.7 Å². The molecule has 26 heavy (non-hydrogen) atoms. The normalized spacial score (nSPS) is 15.9. The largest absolute Gasteiger partial charge is 0.416 e. The van der Waals surface area contributed by atoms with E-state index in [2.05, 4.69) is 0 Å². The fourth-order valence-electron chi connectivity index (χ4n) is 3.43. The van der Waals surface area contributed by atoms with Gasteiger partial charge in [0, 0.05) is 31.2 Å². The Bertz CT molecular complexity index is 879. The average molecular weight is 366 g/mol. The maximum Gasteiger partial charge on any atom is 0.416 e. The van der Waals surface area contributed by atoms with Crippen molar-refractivity contribution in [3.63, 3.8) is 0 Å². The zero-order chi connectivity index (χ0) is 18.9. The molecule has 0 N–H and O–H groups in total. The summed E-state index contributed by atoms with van der Waals surface area (Å²) < 4.78 is 40.8. The van der Waals surface area contributed by atoms with E-state index in [1.807, 2.05) is 6.92 Å². The highest BCUT2D eigenvalue weighted by molar-refractivity contribution is 5.97. The van der Waals surface area contributed by atoms with Crippen LogP contribution in [0.15, 0.2) is 29.2 Å². The fraction of sp³-hybridized carbons (Fsp3) is 0.474. The first-order valence-electron chi connectivity index (χ1n) is 8.86. The highest BCUT2D eigenvalue weighted by Crippen LogP contribution is 2.31. The van der Waals surface area contributed by atoms with Crippen molar-refractivity contribution < 1.29 is 18.0 Å². The van der Waals surface area contributed by atoms with E-state index >= 15 is 0 Å². The van der Waals surface area contributed by atoms with E-state index in [-0.39, 0.29) is 10.9 Å². The summed E-state index contributed by atoms with van der Waals surface area (Å²) >= 11 is 0. The van der Waals surface area contributed by atoms with Gasteiger partial charge in [-0.2, -0.15) is 13.2 Å². The van der Waals surface area contributed by atoms with Crippen molar-refractivity contribution in [3.8, 4) is 0 Å². The Morgan fingerprint density at radius 1 is 1.12 bits per heavy atom. The fourth-order valence-corrected chi connectivity index (χ4v) is 3.43. The zero-order valence-corrected chi connectivity index (χ0v) is 14.6. The number of halogens is 3. The Labute approximate surface area is 149 Å². The van der Waals surface area contributed by atoms with Crippen LogP contribution in [0.1, 0.15) is 48.5 Å². The highest BCUT2D eigenvalue weighted by atomic mass is 19.4. The number of fused-ring (bicyclic) bond motifs is 1. The van der Waals surface area contributed by atoms with Crippen LogP contribution in [0, 0.1) is 0 Å². The third-order valence-corrected chi connectivity index (χ3v) is 4.87. The molecule has 0 atom stereocenters. The van der Waals surface area contributed by atoms with Gasteiger partial charge in [0.05, 0.1) is 11.1 Å². The van der Waals surface area contributed by atoms with Gasteiger partial charge in [0.15, 0.2) is 0 Å². The first-order valence-corrected chi connectivity index (χ1v) is 8.86. The minimum atomic E-state index is -4.54. The second-order valence-corrected chi connectivity index (χ2v) is 6.59. The topological polar surface area (TPSA) is 42.3 Å². The number of hydrogen-bond acceptors (Lipinski definition) is 2. The van der Waals surface area contributed by atoms with Gasteiger partial charge in [-0.1, -0.05) is 12.8 Å². The van der Waals surface area contributed by atoms with Crippen LogP contribution in [-0.4, -0.2) is 28.5 Å². The monoisotopic (exact) mass is 366 g/mol. The zero-order valence-electron chi connectivity index (χ0n) is 14.6. The lowest BCUT2D eigenvalue weighted by molar-refractivity contribution is -0.137. The van der Waals surface area contributed by atoms with Crippen LogP contribution < -0.4 is 5.43 Å². The molecule has 140 valence electrons. The Hall–Kier alpha value is -2.31. The van der Waals surface area contributed by atoms with Gasteiger partial charge in [-0.25, -0.2) is 0 Å². The maximum absolute atomic E-state index is 13.0. The van der Waals surface area contributed by atoms with Crippen LogP contribution in [0.25, 0.3) is 10.9 Å². The summed E-state index contributed by atoms with van der Waals surface area (Å²) in [6, 6.07) is 3.11. The number of aryl methyl sites for hydroxylation is 1. The minimum absolute atomic E-state index is 0.0550. The summed E-state index contributed by atoms with van der Waals surface area (Å²) in [7, 11) is 0. The van der Waals surface area contributed by atoms with Crippen molar-refractivity contribution in [3.05, 3.63) is 45.7 Å². The van der Waals surface area contributed by atoms with Gasteiger partial charge in [0.2, 0.25) is 5.43 Å². The number of carbonyl (C=O) groups excluding carboxylic acids is 1. The first-order chi connectivity index (χ1) is 12.3. The SMILES string of the molecule is CCn1cc(C(=O)N2CCCCCC2)c(=O)c2cc(C(F)(F)F)ccc21. The van der Waals surface area contributed by atoms with Crippen LogP contribution >= 0.6 is 0 Å². The summed E-state index contributed by atoms with van der Waals surface area (Å²) in [4.78, 5) is 27.3. The molecular weight excluding hydrogens is 345 g/mol. The van der Waals surface area contributed by atoms with Crippen molar-refractivity contribution in [2.75, 3.05) is 13.1 Å². The number of pyridine rings is 1. The van der Waals surface area contributed by atoms with Gasteiger partial charge < -0.3 is 9.47 Å². The lowest BCUT2D eigenvalue weighted by Crippen LogP contribution is -2.35. The van der Waals surface area contributed by atoms with Crippen LogP contribution in [0.4, 0.5) is 13.2 Å². The van der Waals surface area contributed by atoms with E-state index in [0.29, 0.717) is 25.2 Å². The first kappa shape index (κ1) is 18.5. The molecule has 0 spiro atoms. The standard InChI is InChI=1S/C19H21F3N2O2/c1-2-23-12-15(18(26)24-9-5-3-4-6-10-24)17(25)14-11-13(19(20,21)22)7-8-16(14)23/h7-8,11-12H,2-6,9-10H2,1H3. The molecule has 2 heterocycles. The molecule has 1 amide bonds. The van der Waals surface area contributed by atoms with E-state index in [0.717, 1.165) is 37.8 Å². The summed E-state index contributed by atoms with van der Waals surface area (Å²) in [5.74, 6) is -0.390.